The van der Waals surface area contributed by atoms with Gasteiger partial charge in [0.2, 0.25) is 5.91 Å². The Hall–Kier alpha value is -0.220. The van der Waals surface area contributed by atoms with E-state index in [2.05, 4.69) is 12.2 Å². The van der Waals surface area contributed by atoms with E-state index in [1.165, 1.54) is 0 Å². The van der Waals surface area contributed by atoms with Crippen LogP contribution in [-0.4, -0.2) is 30.0 Å². The summed E-state index contributed by atoms with van der Waals surface area (Å²) in [5, 5.41) is 3.33. The van der Waals surface area contributed by atoms with Crippen LogP contribution in [0.5, 0.6) is 0 Å². The highest BCUT2D eigenvalue weighted by Gasteiger charge is 2.08. The van der Waals surface area contributed by atoms with E-state index in [4.69, 9.17) is 5.73 Å². The molecule has 1 amide bonds. The fourth-order valence-electron chi connectivity index (χ4n) is 0.796. The monoisotopic (exact) mass is 204 g/mol. The number of nitrogens with two attached hydrogens (primary N) is 1. The molecule has 0 saturated heterocycles. The third-order valence-electron chi connectivity index (χ3n) is 1.96. The second-order valence-electron chi connectivity index (χ2n) is 3.22. The Bertz CT molecular complexity index is 153. The lowest BCUT2D eigenvalue weighted by Crippen LogP contribution is -2.34. The van der Waals surface area contributed by atoms with Gasteiger partial charge in [-0.1, -0.05) is 13.8 Å². The number of hydrogen-bond acceptors (Lipinski definition) is 3. The average molecular weight is 204 g/mol. The van der Waals surface area contributed by atoms with Crippen LogP contribution in [0.25, 0.3) is 0 Å². The van der Waals surface area contributed by atoms with Crippen molar-refractivity contribution >= 4 is 17.7 Å². The first-order chi connectivity index (χ1) is 6.10. The Morgan fingerprint density at radius 3 is 2.69 bits per heavy atom. The Labute approximate surface area is 84.8 Å². The number of nitrogens with one attached hydrogen (secondary N) is 1. The molecule has 0 aromatic rings. The molecule has 0 fully saturated rings. The van der Waals surface area contributed by atoms with Gasteiger partial charge in [-0.25, -0.2) is 0 Å². The van der Waals surface area contributed by atoms with Crippen molar-refractivity contribution in [3.05, 3.63) is 0 Å². The molecule has 0 rings (SSSR count). The van der Waals surface area contributed by atoms with Crippen LogP contribution in [0.2, 0.25) is 0 Å². The van der Waals surface area contributed by atoms with E-state index in [0.717, 1.165) is 13.0 Å². The molecule has 0 bridgehead atoms. The number of carbonyl (C=O) groups excluding carboxylic acids is 1. The first kappa shape index (κ1) is 12.8. The second-order valence-corrected chi connectivity index (χ2v) is 4.50. The van der Waals surface area contributed by atoms with Gasteiger partial charge in [0.05, 0.1) is 0 Å². The van der Waals surface area contributed by atoms with E-state index in [-0.39, 0.29) is 11.9 Å². The highest BCUT2D eigenvalue weighted by Crippen LogP contribution is 2.02. The van der Waals surface area contributed by atoms with Gasteiger partial charge in [-0.2, -0.15) is 11.8 Å². The fraction of sp³-hybridized carbons (Fsp3) is 0.889. The van der Waals surface area contributed by atoms with Gasteiger partial charge in [-0.3, -0.25) is 4.79 Å². The zero-order valence-electron chi connectivity index (χ0n) is 8.67. The van der Waals surface area contributed by atoms with Gasteiger partial charge >= 0.3 is 0 Å². The standard InChI is InChI=1S/C9H20N2OS/c1-4-8(10)5-9(12)11-6-7(2)13-3/h7-8H,4-6,10H2,1-3H3,(H,11,12). The van der Waals surface area contributed by atoms with Crippen molar-refractivity contribution in [3.63, 3.8) is 0 Å². The van der Waals surface area contributed by atoms with E-state index >= 15 is 0 Å². The molecule has 0 aromatic carbocycles. The molecule has 2 unspecified atom stereocenters. The Balaban J connectivity index is 3.51. The summed E-state index contributed by atoms with van der Waals surface area (Å²) in [6.45, 7) is 4.81. The molecule has 0 radical (unpaired) electrons. The molecule has 0 saturated carbocycles. The molecule has 2 atom stereocenters. The third kappa shape index (κ3) is 6.90. The summed E-state index contributed by atoms with van der Waals surface area (Å²) < 4.78 is 0. The highest BCUT2D eigenvalue weighted by atomic mass is 32.2. The predicted octanol–water partition coefficient (Wildman–Crippen LogP) is 0.981. The summed E-state index contributed by atoms with van der Waals surface area (Å²) in [6, 6.07) is 0.00425. The second kappa shape index (κ2) is 7.21. The molecular formula is C9H20N2OS. The Kier molecular flexibility index (Phi) is 7.09. The lowest BCUT2D eigenvalue weighted by Gasteiger charge is -2.12. The van der Waals surface area contributed by atoms with Crippen LogP contribution in [0, 0.1) is 0 Å². The van der Waals surface area contributed by atoms with Crippen LogP contribution in [-0.2, 0) is 4.79 Å². The van der Waals surface area contributed by atoms with Crippen LogP contribution < -0.4 is 11.1 Å². The summed E-state index contributed by atoms with van der Waals surface area (Å²) >= 11 is 1.75. The zero-order chi connectivity index (χ0) is 10.3. The topological polar surface area (TPSA) is 55.1 Å². The molecule has 13 heavy (non-hydrogen) atoms. The lowest BCUT2D eigenvalue weighted by atomic mass is 10.1. The number of thioether (sulfide) groups is 1. The molecule has 78 valence electrons. The molecule has 0 aliphatic carbocycles. The van der Waals surface area contributed by atoms with E-state index in [1.54, 1.807) is 11.8 Å². The summed E-state index contributed by atoms with van der Waals surface area (Å²) in [5.41, 5.74) is 5.65. The molecule has 3 N–H and O–H groups in total. The Morgan fingerprint density at radius 2 is 2.23 bits per heavy atom. The van der Waals surface area contributed by atoms with Crippen LogP contribution in [0.15, 0.2) is 0 Å². The van der Waals surface area contributed by atoms with E-state index in [0.29, 0.717) is 11.7 Å². The molecule has 0 aromatic heterocycles. The highest BCUT2D eigenvalue weighted by molar-refractivity contribution is 7.99. The molecule has 0 aliphatic heterocycles. The van der Waals surface area contributed by atoms with Crippen LogP contribution in [0.4, 0.5) is 0 Å². The predicted molar refractivity (Wildman–Crippen MR) is 58.9 cm³/mol. The molecule has 0 spiro atoms. The third-order valence-corrected chi connectivity index (χ3v) is 2.93. The van der Waals surface area contributed by atoms with Crippen molar-refractivity contribution in [2.24, 2.45) is 5.73 Å². The normalized spacial score (nSPS) is 15.1. The molecular weight excluding hydrogens is 184 g/mol. The van der Waals surface area contributed by atoms with Gasteiger partial charge in [-0.05, 0) is 12.7 Å². The van der Waals surface area contributed by atoms with Crippen molar-refractivity contribution in [1.29, 1.82) is 0 Å². The SMILES string of the molecule is CCC(N)CC(=O)NCC(C)SC. The van der Waals surface area contributed by atoms with Crippen molar-refractivity contribution in [3.8, 4) is 0 Å². The van der Waals surface area contributed by atoms with Gasteiger partial charge < -0.3 is 11.1 Å². The summed E-state index contributed by atoms with van der Waals surface area (Å²) in [6.07, 6.45) is 3.33. The van der Waals surface area contributed by atoms with Crippen molar-refractivity contribution < 1.29 is 4.79 Å². The van der Waals surface area contributed by atoms with Crippen molar-refractivity contribution in [1.82, 2.24) is 5.32 Å². The minimum absolute atomic E-state index is 0.00425. The summed E-state index contributed by atoms with van der Waals surface area (Å²) in [5.74, 6) is 0.0650. The van der Waals surface area contributed by atoms with Crippen molar-refractivity contribution in [2.45, 2.75) is 38.0 Å². The number of amides is 1. The Morgan fingerprint density at radius 1 is 1.62 bits per heavy atom. The largest absolute Gasteiger partial charge is 0.355 e. The molecule has 0 aliphatic rings. The molecule has 3 nitrogen and oxygen atoms in total. The number of rotatable bonds is 6. The van der Waals surface area contributed by atoms with Gasteiger partial charge in [0, 0.05) is 24.3 Å². The maximum Gasteiger partial charge on any atom is 0.221 e. The minimum atomic E-state index is 0.00425. The first-order valence-corrected chi connectivity index (χ1v) is 5.94. The summed E-state index contributed by atoms with van der Waals surface area (Å²) in [7, 11) is 0. The smallest absolute Gasteiger partial charge is 0.221 e. The first-order valence-electron chi connectivity index (χ1n) is 4.65. The van der Waals surface area contributed by atoms with Crippen LogP contribution in [0.3, 0.4) is 0 Å². The minimum Gasteiger partial charge on any atom is -0.355 e. The van der Waals surface area contributed by atoms with E-state index in [9.17, 15) is 4.79 Å². The maximum atomic E-state index is 11.2. The number of hydrogen-bond donors (Lipinski definition) is 2. The average Bonchev–Trinajstić information content (AvgIpc) is 2.13. The quantitative estimate of drug-likeness (QED) is 0.678. The van der Waals surface area contributed by atoms with Crippen LogP contribution >= 0.6 is 11.8 Å². The summed E-state index contributed by atoms with van der Waals surface area (Å²) in [4.78, 5) is 11.2. The molecule has 4 heteroatoms. The van der Waals surface area contributed by atoms with Gasteiger partial charge in [0.1, 0.15) is 0 Å². The zero-order valence-corrected chi connectivity index (χ0v) is 9.49. The fourth-order valence-corrected chi connectivity index (χ4v) is 1.05. The van der Waals surface area contributed by atoms with E-state index in [1.807, 2.05) is 13.2 Å². The number of carbonyl (C=O) groups is 1. The maximum absolute atomic E-state index is 11.2. The molecule has 0 heterocycles. The van der Waals surface area contributed by atoms with Crippen LogP contribution in [0.1, 0.15) is 26.7 Å². The van der Waals surface area contributed by atoms with Gasteiger partial charge in [0.25, 0.3) is 0 Å². The van der Waals surface area contributed by atoms with Gasteiger partial charge in [-0.15, -0.1) is 0 Å². The van der Waals surface area contributed by atoms with E-state index < -0.39 is 0 Å². The van der Waals surface area contributed by atoms with Gasteiger partial charge in [0.15, 0.2) is 0 Å². The lowest BCUT2D eigenvalue weighted by molar-refractivity contribution is -0.121. The van der Waals surface area contributed by atoms with Crippen molar-refractivity contribution in [2.75, 3.05) is 12.8 Å².